The van der Waals surface area contributed by atoms with Gasteiger partial charge in [0.2, 0.25) is 5.88 Å². The molecule has 4 fully saturated rings. The molecule has 4 aliphatic rings. The average Bonchev–Trinajstić information content (AvgIpc) is 1.01. The average molecular weight is 1290 g/mol. The molecule has 25 nitrogen and oxygen atoms in total. The maximum atomic E-state index is 15.0. The molecular weight excluding hydrogens is 1220 g/mol. The Morgan fingerprint density at radius 2 is 1.00 bits per heavy atom. The van der Waals surface area contributed by atoms with Crippen LogP contribution in [0.15, 0.2) is 122 Å². The molecule has 0 radical (unpaired) electrons. The molecule has 12 heterocycles. The molecule has 0 amide bonds. The maximum absolute atomic E-state index is 15.0. The van der Waals surface area contributed by atoms with Crippen molar-refractivity contribution in [3.05, 3.63) is 134 Å². The van der Waals surface area contributed by atoms with E-state index in [1.54, 1.807) is 111 Å². The van der Waals surface area contributed by atoms with E-state index in [9.17, 15) is 29.3 Å². The van der Waals surface area contributed by atoms with Gasteiger partial charge in [-0.2, -0.15) is 20.4 Å². The summed E-state index contributed by atoms with van der Waals surface area (Å²) in [5.41, 5.74) is 5.08. The van der Waals surface area contributed by atoms with Gasteiger partial charge in [-0.15, -0.1) is 30.6 Å². The zero-order valence-electron chi connectivity index (χ0n) is 53.4. The first-order chi connectivity index (χ1) is 45.6. The highest BCUT2D eigenvalue weighted by Gasteiger charge is 2.53. The third kappa shape index (κ3) is 13.5. The van der Waals surface area contributed by atoms with Crippen LogP contribution < -0.4 is 14.5 Å². The lowest BCUT2D eigenvalue weighted by Crippen LogP contribution is -2.67. The largest absolute Gasteiger partial charge is 0.506 e. The van der Waals surface area contributed by atoms with Gasteiger partial charge in [0, 0.05) is 161 Å². The maximum Gasteiger partial charge on any atom is 0.233 e. The Morgan fingerprint density at radius 1 is 0.537 bits per heavy atom. The molecule has 5 N–H and O–H groups in total. The number of aromatic hydroxyl groups is 3. The fourth-order valence-corrected chi connectivity index (χ4v) is 12.4. The topological polar surface area (TPSA) is 287 Å². The summed E-state index contributed by atoms with van der Waals surface area (Å²) in [7, 11) is 5.60. The summed E-state index contributed by atoms with van der Waals surface area (Å²) >= 11 is 0. The molecule has 28 heteroatoms. The second kappa shape index (κ2) is 25.9. The highest BCUT2D eigenvalue weighted by Crippen LogP contribution is 2.41. The van der Waals surface area contributed by atoms with E-state index in [-0.39, 0.29) is 35.2 Å². The van der Waals surface area contributed by atoms with Crippen LogP contribution in [0.3, 0.4) is 0 Å². The van der Waals surface area contributed by atoms with Crippen LogP contribution in [0.2, 0.25) is 0 Å². The standard InChI is InChI=1S/C24H24FN7O.C22H22FN7O.C21H25FN6O3/c1-30-14-17-10-15(11-19(25)23(17)29-30)16-12-21(33)24(26-13-16)20-4-5-22(28-27-20)32-8-6-31(7-9-32)18-2-3-18;1-28-5-7-30(8-6-28)20-4-3-18(25-26-20)22-19(31)11-15(12-24-22)14-9-16-13-29(2)27-21(16)17(23)10-14;1-20(2)8-16(19(22)21(3,4)28(20)30)31-17-6-5-14(26-27-17)18-15(29)7-12(9-23-18)13-10-24-25-11-13/h4-5,10-14,18,33H,2-3,6-9H2,1H3;3-4,9-13,31H,5-8H2,1-2H3;5-7,9-11,16,19,29-30H,8H2,1-4H3,(H,24,25)/t;;16-,19-/m..0/s1. The molecule has 9 aromatic heterocycles. The molecule has 2 atom stereocenters. The van der Waals surface area contributed by atoms with Gasteiger partial charge in [0.05, 0.1) is 11.7 Å². The van der Waals surface area contributed by atoms with Crippen LogP contribution in [0, 0.1) is 11.6 Å². The minimum Gasteiger partial charge on any atom is -0.506 e. The van der Waals surface area contributed by atoms with Crippen molar-refractivity contribution in [1.82, 2.24) is 90.2 Å². The molecule has 490 valence electrons. The predicted molar refractivity (Wildman–Crippen MR) is 350 cm³/mol. The lowest BCUT2D eigenvalue weighted by Gasteiger charge is -2.52. The summed E-state index contributed by atoms with van der Waals surface area (Å²) in [4.78, 5) is 22.3. The summed E-state index contributed by atoms with van der Waals surface area (Å²) in [5.74, 6) is 0.866. The van der Waals surface area contributed by atoms with E-state index in [1.165, 1.54) is 25.0 Å². The summed E-state index contributed by atoms with van der Waals surface area (Å²) in [6.45, 7) is 14.7. The van der Waals surface area contributed by atoms with Crippen LogP contribution in [0.4, 0.5) is 24.8 Å². The van der Waals surface area contributed by atoms with Gasteiger partial charge in [0.1, 0.15) is 68.5 Å². The molecule has 0 spiro atoms. The highest BCUT2D eigenvalue weighted by molar-refractivity contribution is 5.86. The van der Waals surface area contributed by atoms with Crippen LogP contribution in [0.1, 0.15) is 47.0 Å². The van der Waals surface area contributed by atoms with Gasteiger partial charge >= 0.3 is 0 Å². The number of nitrogens with one attached hydrogen (secondary N) is 1. The summed E-state index contributed by atoms with van der Waals surface area (Å²) in [5, 5.41) is 84.6. The van der Waals surface area contributed by atoms with E-state index in [0.717, 1.165) is 80.7 Å². The molecule has 3 aliphatic heterocycles. The predicted octanol–water partition coefficient (Wildman–Crippen LogP) is 9.28. The number of rotatable bonds is 11. The van der Waals surface area contributed by atoms with E-state index >= 15 is 4.39 Å². The Labute approximate surface area is 544 Å². The Bertz CT molecular complexity index is 4540. The number of piperazine rings is 2. The number of aromatic amines is 1. The molecule has 1 saturated carbocycles. The molecule has 95 heavy (non-hydrogen) atoms. The Morgan fingerprint density at radius 3 is 1.42 bits per heavy atom. The molecule has 11 aromatic rings. The van der Waals surface area contributed by atoms with Crippen molar-refractivity contribution in [1.29, 1.82) is 0 Å². The van der Waals surface area contributed by atoms with E-state index in [1.807, 2.05) is 50.2 Å². The van der Waals surface area contributed by atoms with Crippen molar-refractivity contribution in [2.75, 3.05) is 69.2 Å². The minimum atomic E-state index is -1.44. The van der Waals surface area contributed by atoms with Crippen LogP contribution >= 0.6 is 0 Å². The number of likely N-dealkylation sites (N-methyl/N-ethyl adjacent to an activating group) is 1. The number of nitrogens with zero attached hydrogens (tertiary/aromatic N) is 19. The number of aromatic nitrogens is 15. The van der Waals surface area contributed by atoms with Gasteiger partial charge in [-0.25, -0.2) is 28.1 Å². The van der Waals surface area contributed by atoms with Crippen molar-refractivity contribution >= 4 is 33.4 Å². The number of fused-ring (bicyclic) bond motifs is 2. The van der Waals surface area contributed by atoms with Crippen LogP contribution in [-0.2, 0) is 14.1 Å². The van der Waals surface area contributed by atoms with Crippen molar-refractivity contribution in [2.24, 2.45) is 14.1 Å². The SMILES string of the molecule is CC1(C)C[C@H](Oc2ccc(-c3ncc(-c4cn[nH]c4)cc3O)nn2)[C@H](F)C(C)(C)N1O.CN1CCN(c2ccc(-c3ncc(-c4cc(F)c5nn(C)cc5c4)cc3O)nn2)CC1.Cn1cc2cc(-c3cnc(-c4ccc(N5CCN(C6CC6)CC5)nn4)c(O)c3)cc(F)c2n1. The van der Waals surface area contributed by atoms with E-state index < -0.39 is 35.0 Å². The normalized spacial score (nSPS) is 18.3. The first kappa shape index (κ1) is 63.5. The van der Waals surface area contributed by atoms with E-state index in [0.29, 0.717) is 78.1 Å². The zero-order chi connectivity index (χ0) is 66.4. The molecule has 2 aromatic carbocycles. The summed E-state index contributed by atoms with van der Waals surface area (Å²) < 4.78 is 52.9. The number of hydrogen-bond donors (Lipinski definition) is 5. The number of hydrogen-bond acceptors (Lipinski definition) is 22. The zero-order valence-corrected chi connectivity index (χ0v) is 53.4. The van der Waals surface area contributed by atoms with Gasteiger partial charge < -0.3 is 40.0 Å². The summed E-state index contributed by atoms with van der Waals surface area (Å²) in [6.07, 6.45) is 12.3. The Balaban J connectivity index is 0.000000129. The number of ether oxygens (including phenoxy) is 1. The third-order valence-electron chi connectivity index (χ3n) is 17.7. The highest BCUT2D eigenvalue weighted by atomic mass is 19.1. The number of benzene rings is 2. The van der Waals surface area contributed by atoms with Gasteiger partial charge in [0.15, 0.2) is 29.4 Å². The first-order valence-electron chi connectivity index (χ1n) is 31.2. The number of halogens is 3. The second-order valence-corrected chi connectivity index (χ2v) is 25.6. The van der Waals surface area contributed by atoms with Gasteiger partial charge in [0.25, 0.3) is 0 Å². The number of piperidine rings is 1. The van der Waals surface area contributed by atoms with Gasteiger partial charge in [-0.1, -0.05) is 0 Å². The molecular formula is C67H71F3N20O5. The lowest BCUT2D eigenvalue weighted by atomic mass is 9.79. The second-order valence-electron chi connectivity index (χ2n) is 25.6. The number of pyridine rings is 3. The fraction of sp³-hybridized carbons (Fsp3) is 0.343. The van der Waals surface area contributed by atoms with Crippen LogP contribution in [-0.4, -0.2) is 199 Å². The quantitative estimate of drug-likeness (QED) is 0.0806. The number of anilines is 2. The molecule has 0 unspecified atom stereocenters. The van der Waals surface area contributed by atoms with E-state index in [4.69, 9.17) is 4.74 Å². The third-order valence-corrected chi connectivity index (χ3v) is 17.7. The number of alkyl halides is 1. The number of aryl methyl sites for hydroxylation is 2. The summed E-state index contributed by atoms with van der Waals surface area (Å²) in [6, 6.07) is 22.6. The minimum absolute atomic E-state index is 0.0284. The molecule has 3 saturated heterocycles. The van der Waals surface area contributed by atoms with Crippen molar-refractivity contribution in [2.45, 2.75) is 76.4 Å². The van der Waals surface area contributed by atoms with Crippen molar-refractivity contribution < 1.29 is 38.4 Å². The monoisotopic (exact) mass is 1290 g/mol. The van der Waals surface area contributed by atoms with Gasteiger partial charge in [-0.05, 0) is 132 Å². The van der Waals surface area contributed by atoms with Gasteiger partial charge in [-0.3, -0.25) is 19.4 Å². The molecule has 15 rings (SSSR count). The Hall–Kier alpha value is -10.3. The Kier molecular flexibility index (Phi) is 17.3. The van der Waals surface area contributed by atoms with Crippen molar-refractivity contribution in [3.8, 4) is 90.7 Å². The molecule has 0 bridgehead atoms. The molecule has 1 aliphatic carbocycles. The number of hydroxylamine groups is 2. The number of H-pyrrole nitrogens is 1. The fourth-order valence-electron chi connectivity index (χ4n) is 12.4. The van der Waals surface area contributed by atoms with Crippen LogP contribution in [0.25, 0.3) is 89.4 Å². The first-order valence-corrected chi connectivity index (χ1v) is 31.2. The lowest BCUT2D eigenvalue weighted by molar-refractivity contribution is -0.276. The van der Waals surface area contributed by atoms with Crippen molar-refractivity contribution in [3.63, 3.8) is 0 Å². The smallest absolute Gasteiger partial charge is 0.233 e. The van der Waals surface area contributed by atoms with E-state index in [2.05, 4.69) is 92.6 Å². The van der Waals surface area contributed by atoms with Crippen LogP contribution in [0.5, 0.6) is 23.1 Å².